The number of aromatic nitrogens is 2. The fourth-order valence-corrected chi connectivity index (χ4v) is 3.34. The summed E-state index contributed by atoms with van der Waals surface area (Å²) < 4.78 is 2.18. The minimum absolute atomic E-state index is 0.748. The molecular formula is C16H29N3. The smallest absolute Gasteiger partial charge is 0.0596 e. The Balaban J connectivity index is 1.90. The number of aryl methyl sites for hydroxylation is 2. The Morgan fingerprint density at radius 1 is 1.37 bits per heavy atom. The summed E-state index contributed by atoms with van der Waals surface area (Å²) in [6.07, 6.45) is 7.92. The molecule has 0 radical (unpaired) electrons. The molecule has 0 aromatic carbocycles. The van der Waals surface area contributed by atoms with Gasteiger partial charge in [-0.1, -0.05) is 13.3 Å². The van der Waals surface area contributed by atoms with Crippen LogP contribution < -0.4 is 5.32 Å². The molecule has 0 bridgehead atoms. The summed E-state index contributed by atoms with van der Waals surface area (Å²) >= 11 is 0. The highest BCUT2D eigenvalue weighted by Crippen LogP contribution is 2.27. The first-order valence-corrected chi connectivity index (χ1v) is 7.99. The van der Waals surface area contributed by atoms with Gasteiger partial charge in [-0.05, 0) is 64.5 Å². The molecule has 0 spiro atoms. The Labute approximate surface area is 117 Å². The summed E-state index contributed by atoms with van der Waals surface area (Å²) in [5.41, 5.74) is 2.59. The fourth-order valence-electron chi connectivity index (χ4n) is 3.34. The normalized spacial score (nSPS) is 23.7. The maximum absolute atomic E-state index is 4.56. The van der Waals surface area contributed by atoms with Crippen molar-refractivity contribution in [2.75, 3.05) is 6.54 Å². The SMILES string of the molecule is CCCNC1CCCC(Cc2cc(C)nn2CC)C1. The van der Waals surface area contributed by atoms with Crippen LogP contribution in [-0.4, -0.2) is 22.4 Å². The molecular weight excluding hydrogens is 234 g/mol. The van der Waals surface area contributed by atoms with E-state index in [0.717, 1.165) is 24.2 Å². The molecule has 2 atom stereocenters. The Hall–Kier alpha value is -0.830. The zero-order valence-electron chi connectivity index (χ0n) is 12.8. The number of nitrogens with one attached hydrogen (secondary N) is 1. The van der Waals surface area contributed by atoms with Crippen molar-refractivity contribution in [3.8, 4) is 0 Å². The first-order valence-electron chi connectivity index (χ1n) is 7.99. The summed E-state index contributed by atoms with van der Waals surface area (Å²) in [6, 6.07) is 3.02. The van der Waals surface area contributed by atoms with Gasteiger partial charge in [-0.15, -0.1) is 0 Å². The van der Waals surface area contributed by atoms with E-state index in [9.17, 15) is 0 Å². The number of hydrogen-bond donors (Lipinski definition) is 1. The van der Waals surface area contributed by atoms with Gasteiger partial charge in [-0.2, -0.15) is 5.10 Å². The van der Waals surface area contributed by atoms with Crippen molar-refractivity contribution in [3.05, 3.63) is 17.5 Å². The van der Waals surface area contributed by atoms with E-state index in [1.165, 1.54) is 50.8 Å². The van der Waals surface area contributed by atoms with Crippen LogP contribution in [0.1, 0.15) is 57.3 Å². The van der Waals surface area contributed by atoms with Gasteiger partial charge in [0.25, 0.3) is 0 Å². The number of nitrogens with zero attached hydrogens (tertiary/aromatic N) is 2. The average molecular weight is 263 g/mol. The fraction of sp³-hybridized carbons (Fsp3) is 0.812. The van der Waals surface area contributed by atoms with Gasteiger partial charge in [0.2, 0.25) is 0 Å². The average Bonchev–Trinajstić information content (AvgIpc) is 2.77. The quantitative estimate of drug-likeness (QED) is 0.853. The number of rotatable bonds is 6. The lowest BCUT2D eigenvalue weighted by Gasteiger charge is -2.30. The summed E-state index contributed by atoms with van der Waals surface area (Å²) in [5.74, 6) is 0.838. The lowest BCUT2D eigenvalue weighted by molar-refractivity contribution is 0.280. The van der Waals surface area contributed by atoms with Crippen molar-refractivity contribution in [3.63, 3.8) is 0 Å². The van der Waals surface area contributed by atoms with Crippen molar-refractivity contribution in [1.29, 1.82) is 0 Å². The lowest BCUT2D eigenvalue weighted by atomic mass is 9.83. The van der Waals surface area contributed by atoms with E-state index in [1.807, 2.05) is 0 Å². The van der Waals surface area contributed by atoms with Gasteiger partial charge in [0, 0.05) is 18.3 Å². The third-order valence-electron chi connectivity index (χ3n) is 4.25. The molecule has 1 saturated carbocycles. The minimum atomic E-state index is 0.748. The summed E-state index contributed by atoms with van der Waals surface area (Å²) in [5, 5.41) is 8.26. The van der Waals surface area contributed by atoms with Crippen LogP contribution in [0.4, 0.5) is 0 Å². The van der Waals surface area contributed by atoms with Crippen LogP contribution in [0.3, 0.4) is 0 Å². The molecule has 1 aromatic rings. The van der Waals surface area contributed by atoms with Gasteiger partial charge >= 0.3 is 0 Å². The second-order valence-electron chi connectivity index (χ2n) is 5.98. The second-order valence-corrected chi connectivity index (χ2v) is 5.98. The molecule has 1 aliphatic rings. The summed E-state index contributed by atoms with van der Waals surface area (Å²) in [7, 11) is 0. The third kappa shape index (κ3) is 4.07. The largest absolute Gasteiger partial charge is 0.314 e. The first-order chi connectivity index (χ1) is 9.22. The Kier molecular flexibility index (Phi) is 5.44. The highest BCUT2D eigenvalue weighted by atomic mass is 15.3. The van der Waals surface area contributed by atoms with E-state index in [0.29, 0.717) is 0 Å². The van der Waals surface area contributed by atoms with Crippen LogP contribution in [0.25, 0.3) is 0 Å². The first kappa shape index (κ1) is 14.6. The van der Waals surface area contributed by atoms with E-state index in [2.05, 4.69) is 41.9 Å². The van der Waals surface area contributed by atoms with Crippen LogP contribution in [-0.2, 0) is 13.0 Å². The van der Waals surface area contributed by atoms with Gasteiger partial charge < -0.3 is 5.32 Å². The monoisotopic (exact) mass is 263 g/mol. The van der Waals surface area contributed by atoms with E-state index < -0.39 is 0 Å². The predicted octanol–water partition coefficient (Wildman–Crippen LogP) is 3.31. The van der Waals surface area contributed by atoms with Gasteiger partial charge in [0.1, 0.15) is 0 Å². The molecule has 0 saturated heterocycles. The van der Waals surface area contributed by atoms with Crippen molar-refractivity contribution in [2.45, 2.75) is 71.9 Å². The molecule has 0 aliphatic heterocycles. The van der Waals surface area contributed by atoms with Crippen LogP contribution in [0, 0.1) is 12.8 Å². The molecule has 1 fully saturated rings. The van der Waals surface area contributed by atoms with Gasteiger partial charge in [0.15, 0.2) is 0 Å². The molecule has 2 rings (SSSR count). The number of hydrogen-bond acceptors (Lipinski definition) is 2. The zero-order valence-corrected chi connectivity index (χ0v) is 12.8. The van der Waals surface area contributed by atoms with Gasteiger partial charge in [-0.25, -0.2) is 0 Å². The van der Waals surface area contributed by atoms with Crippen molar-refractivity contribution >= 4 is 0 Å². The maximum Gasteiger partial charge on any atom is 0.0596 e. The Morgan fingerprint density at radius 2 is 2.21 bits per heavy atom. The van der Waals surface area contributed by atoms with Gasteiger partial charge in [0.05, 0.1) is 5.69 Å². The molecule has 108 valence electrons. The zero-order chi connectivity index (χ0) is 13.7. The van der Waals surface area contributed by atoms with Crippen molar-refractivity contribution < 1.29 is 0 Å². The van der Waals surface area contributed by atoms with E-state index in [4.69, 9.17) is 0 Å². The molecule has 19 heavy (non-hydrogen) atoms. The van der Waals surface area contributed by atoms with E-state index >= 15 is 0 Å². The predicted molar refractivity (Wildman–Crippen MR) is 80.4 cm³/mol. The Morgan fingerprint density at radius 3 is 2.95 bits per heavy atom. The summed E-state index contributed by atoms with van der Waals surface area (Å²) in [6.45, 7) is 8.69. The van der Waals surface area contributed by atoms with Crippen LogP contribution >= 0.6 is 0 Å². The Bertz CT molecular complexity index is 383. The van der Waals surface area contributed by atoms with Crippen molar-refractivity contribution in [1.82, 2.24) is 15.1 Å². The highest BCUT2D eigenvalue weighted by molar-refractivity contribution is 5.10. The molecule has 2 unspecified atom stereocenters. The topological polar surface area (TPSA) is 29.9 Å². The maximum atomic E-state index is 4.56. The van der Waals surface area contributed by atoms with Crippen LogP contribution in [0.15, 0.2) is 6.07 Å². The lowest BCUT2D eigenvalue weighted by Crippen LogP contribution is -2.35. The minimum Gasteiger partial charge on any atom is -0.314 e. The highest BCUT2D eigenvalue weighted by Gasteiger charge is 2.22. The third-order valence-corrected chi connectivity index (χ3v) is 4.25. The standard InChI is InChI=1S/C16H29N3/c1-4-9-17-15-8-6-7-14(11-15)12-16-10-13(3)18-19(16)5-2/h10,14-15,17H,4-9,11-12H2,1-3H3. The molecule has 1 aromatic heterocycles. The molecule has 1 heterocycles. The van der Waals surface area contributed by atoms with Crippen molar-refractivity contribution in [2.24, 2.45) is 5.92 Å². The summed E-state index contributed by atoms with van der Waals surface area (Å²) in [4.78, 5) is 0. The molecule has 3 heteroatoms. The van der Waals surface area contributed by atoms with E-state index in [1.54, 1.807) is 0 Å². The van der Waals surface area contributed by atoms with Crippen LogP contribution in [0.2, 0.25) is 0 Å². The van der Waals surface area contributed by atoms with Gasteiger partial charge in [-0.3, -0.25) is 4.68 Å². The molecule has 1 N–H and O–H groups in total. The molecule has 0 amide bonds. The van der Waals surface area contributed by atoms with Crippen LogP contribution in [0.5, 0.6) is 0 Å². The second kappa shape index (κ2) is 7.09. The van der Waals surface area contributed by atoms with E-state index in [-0.39, 0.29) is 0 Å². The molecule has 1 aliphatic carbocycles. The molecule has 3 nitrogen and oxygen atoms in total.